The van der Waals surface area contributed by atoms with Crippen LogP contribution in [-0.2, 0) is 4.79 Å². The molecule has 2 aromatic rings. The number of nitrogens with zero attached hydrogens (tertiary/aromatic N) is 1. The van der Waals surface area contributed by atoms with E-state index in [1.807, 2.05) is 35.4 Å². The van der Waals surface area contributed by atoms with Crippen molar-refractivity contribution in [2.24, 2.45) is 5.92 Å². The van der Waals surface area contributed by atoms with Gasteiger partial charge in [-0.1, -0.05) is 6.07 Å². The topological polar surface area (TPSA) is 65.2 Å². The van der Waals surface area contributed by atoms with Crippen molar-refractivity contribution in [3.63, 3.8) is 0 Å². The number of fused-ring (bicyclic) bond motifs is 2. The van der Waals surface area contributed by atoms with Gasteiger partial charge in [-0.3, -0.25) is 9.59 Å². The van der Waals surface area contributed by atoms with Crippen LogP contribution in [-0.4, -0.2) is 40.8 Å². The lowest BCUT2D eigenvalue weighted by Gasteiger charge is -2.36. The minimum atomic E-state index is -0.0306. The molecule has 0 spiro atoms. The number of likely N-dealkylation sites (tertiary alicyclic amines) is 1. The fourth-order valence-electron chi connectivity index (χ4n) is 3.55. The van der Waals surface area contributed by atoms with E-state index in [9.17, 15) is 9.59 Å². The van der Waals surface area contributed by atoms with E-state index in [0.717, 1.165) is 30.3 Å². The number of rotatable bonds is 1. The zero-order valence-electron chi connectivity index (χ0n) is 11.6. The fraction of sp³-hybridized carbons (Fsp3) is 0.375. The summed E-state index contributed by atoms with van der Waals surface area (Å²) in [5.41, 5.74) is 1.65. The molecule has 1 aromatic heterocycles. The highest BCUT2D eigenvalue weighted by Gasteiger charge is 2.42. The zero-order chi connectivity index (χ0) is 14.4. The number of carbonyl (C=O) groups is 2. The zero-order valence-corrected chi connectivity index (χ0v) is 11.6. The Morgan fingerprint density at radius 3 is 3.10 bits per heavy atom. The first-order chi connectivity index (χ1) is 10.2. The first-order valence-electron chi connectivity index (χ1n) is 7.40. The van der Waals surface area contributed by atoms with Gasteiger partial charge in [-0.25, -0.2) is 0 Å². The average molecular weight is 283 g/mol. The predicted octanol–water partition coefficient (Wildman–Crippen LogP) is 1.52. The largest absolute Gasteiger partial charge is 0.361 e. The maximum Gasteiger partial charge on any atom is 0.254 e. The number of amides is 2. The molecule has 2 aliphatic heterocycles. The van der Waals surface area contributed by atoms with E-state index in [0.29, 0.717) is 12.1 Å². The Kier molecular flexibility index (Phi) is 2.74. The molecule has 0 bridgehead atoms. The van der Waals surface area contributed by atoms with Gasteiger partial charge in [-0.15, -0.1) is 0 Å². The maximum atomic E-state index is 12.8. The van der Waals surface area contributed by atoms with Crippen molar-refractivity contribution >= 4 is 22.7 Å². The molecule has 5 nitrogen and oxygen atoms in total. The minimum Gasteiger partial charge on any atom is -0.361 e. The first kappa shape index (κ1) is 12.4. The predicted molar refractivity (Wildman–Crippen MR) is 78.9 cm³/mol. The summed E-state index contributed by atoms with van der Waals surface area (Å²) in [7, 11) is 0. The first-order valence-corrected chi connectivity index (χ1v) is 7.40. The minimum absolute atomic E-state index is 0.0121. The fourth-order valence-corrected chi connectivity index (χ4v) is 3.55. The third kappa shape index (κ3) is 1.92. The highest BCUT2D eigenvalue weighted by molar-refractivity contribution is 5.98. The molecule has 0 saturated carbocycles. The Labute approximate surface area is 122 Å². The number of piperidine rings is 1. The molecule has 2 amide bonds. The number of aromatic amines is 1. The van der Waals surface area contributed by atoms with Gasteiger partial charge in [-0.2, -0.15) is 0 Å². The van der Waals surface area contributed by atoms with Crippen LogP contribution in [0.1, 0.15) is 23.2 Å². The molecule has 2 saturated heterocycles. The van der Waals surface area contributed by atoms with E-state index in [2.05, 4.69) is 10.3 Å². The molecule has 2 N–H and O–H groups in total. The highest BCUT2D eigenvalue weighted by Crippen LogP contribution is 2.29. The molecular weight excluding hydrogens is 266 g/mol. The van der Waals surface area contributed by atoms with Gasteiger partial charge in [0.25, 0.3) is 5.91 Å². The van der Waals surface area contributed by atoms with E-state index in [-0.39, 0.29) is 23.8 Å². The normalized spacial score (nSPS) is 25.0. The Balaban J connectivity index is 1.65. The second-order valence-electron chi connectivity index (χ2n) is 5.84. The number of benzene rings is 1. The molecule has 2 unspecified atom stereocenters. The van der Waals surface area contributed by atoms with Crippen LogP contribution in [0.25, 0.3) is 10.9 Å². The van der Waals surface area contributed by atoms with E-state index in [1.54, 1.807) is 0 Å². The van der Waals surface area contributed by atoms with Crippen LogP contribution in [0, 0.1) is 5.92 Å². The van der Waals surface area contributed by atoms with Crippen LogP contribution >= 0.6 is 0 Å². The molecule has 0 radical (unpaired) electrons. The lowest BCUT2D eigenvalue weighted by atomic mass is 9.91. The average Bonchev–Trinajstić information content (AvgIpc) is 3.12. The van der Waals surface area contributed by atoms with Crippen molar-refractivity contribution in [3.8, 4) is 0 Å². The third-order valence-corrected chi connectivity index (χ3v) is 4.66. The number of hydrogen-bond acceptors (Lipinski definition) is 2. The summed E-state index contributed by atoms with van der Waals surface area (Å²) in [5, 5.41) is 3.98. The van der Waals surface area contributed by atoms with Crippen LogP contribution in [0.2, 0.25) is 0 Å². The molecule has 2 aliphatic rings. The summed E-state index contributed by atoms with van der Waals surface area (Å²) in [5.74, 6) is 0.0898. The molecular formula is C16H17N3O2. The second kappa shape index (κ2) is 4.62. The molecule has 5 heteroatoms. The number of nitrogens with one attached hydrogen (secondary N) is 2. The summed E-state index contributed by atoms with van der Waals surface area (Å²) in [4.78, 5) is 29.6. The van der Waals surface area contributed by atoms with Gasteiger partial charge in [-0.05, 0) is 36.4 Å². The van der Waals surface area contributed by atoms with Crippen LogP contribution in [0.4, 0.5) is 0 Å². The number of carbonyl (C=O) groups excluding carboxylic acids is 2. The molecule has 2 atom stereocenters. The highest BCUT2D eigenvalue weighted by atomic mass is 16.2. The quantitative estimate of drug-likeness (QED) is 0.833. The van der Waals surface area contributed by atoms with Crippen LogP contribution in [0.5, 0.6) is 0 Å². The van der Waals surface area contributed by atoms with Gasteiger partial charge in [0.2, 0.25) is 5.91 Å². The monoisotopic (exact) mass is 283 g/mol. The summed E-state index contributed by atoms with van der Waals surface area (Å²) in [6, 6.07) is 7.72. The van der Waals surface area contributed by atoms with Gasteiger partial charge in [0, 0.05) is 30.4 Å². The van der Waals surface area contributed by atoms with E-state index in [1.165, 1.54) is 0 Å². The maximum absolute atomic E-state index is 12.8. The Morgan fingerprint density at radius 1 is 1.29 bits per heavy atom. The molecule has 2 fully saturated rings. The van der Waals surface area contributed by atoms with Crippen LogP contribution < -0.4 is 5.32 Å². The number of hydrogen-bond donors (Lipinski definition) is 2. The van der Waals surface area contributed by atoms with Crippen molar-refractivity contribution in [1.29, 1.82) is 0 Å². The van der Waals surface area contributed by atoms with Crippen molar-refractivity contribution in [1.82, 2.24) is 15.2 Å². The van der Waals surface area contributed by atoms with Crippen molar-refractivity contribution in [2.45, 2.75) is 18.9 Å². The molecule has 0 aliphatic carbocycles. The second-order valence-corrected chi connectivity index (χ2v) is 5.84. The Hall–Kier alpha value is -2.30. The van der Waals surface area contributed by atoms with E-state index < -0.39 is 0 Å². The summed E-state index contributed by atoms with van der Waals surface area (Å²) >= 11 is 0. The third-order valence-electron chi connectivity index (χ3n) is 4.66. The molecule has 1 aromatic carbocycles. The molecule has 4 rings (SSSR count). The van der Waals surface area contributed by atoms with Crippen LogP contribution in [0.15, 0.2) is 30.5 Å². The van der Waals surface area contributed by atoms with Gasteiger partial charge in [0.1, 0.15) is 0 Å². The van der Waals surface area contributed by atoms with E-state index >= 15 is 0 Å². The van der Waals surface area contributed by atoms with Gasteiger partial charge in [0.05, 0.1) is 12.0 Å². The molecule has 108 valence electrons. The summed E-state index contributed by atoms with van der Waals surface area (Å²) in [6.45, 7) is 1.32. The Bertz CT molecular complexity index is 721. The smallest absolute Gasteiger partial charge is 0.254 e. The van der Waals surface area contributed by atoms with Crippen molar-refractivity contribution in [3.05, 3.63) is 36.0 Å². The standard InChI is InChI=1S/C16H17N3O2/c20-15-12-2-1-7-19(14(12)9-18-15)16(21)11-4-3-10-5-6-17-13(10)8-11/h3-6,8,12,14,17H,1-2,7,9H2,(H,18,20). The lowest BCUT2D eigenvalue weighted by Crippen LogP contribution is -2.48. The SMILES string of the molecule is O=C1NCC2C1CCCN2C(=O)c1ccc2cc[nH]c2c1. The Morgan fingerprint density at radius 2 is 2.19 bits per heavy atom. The number of H-pyrrole nitrogens is 1. The van der Waals surface area contributed by atoms with Gasteiger partial charge < -0.3 is 15.2 Å². The van der Waals surface area contributed by atoms with Crippen molar-refractivity contribution in [2.75, 3.05) is 13.1 Å². The summed E-state index contributed by atoms with van der Waals surface area (Å²) in [6.07, 6.45) is 3.65. The molecule has 21 heavy (non-hydrogen) atoms. The van der Waals surface area contributed by atoms with Crippen LogP contribution in [0.3, 0.4) is 0 Å². The van der Waals surface area contributed by atoms with Crippen molar-refractivity contribution < 1.29 is 9.59 Å². The van der Waals surface area contributed by atoms with Gasteiger partial charge in [0.15, 0.2) is 0 Å². The molecule has 3 heterocycles. The summed E-state index contributed by atoms with van der Waals surface area (Å²) < 4.78 is 0. The number of aromatic nitrogens is 1. The van der Waals surface area contributed by atoms with E-state index in [4.69, 9.17) is 0 Å². The van der Waals surface area contributed by atoms with Gasteiger partial charge >= 0.3 is 0 Å². The lowest BCUT2D eigenvalue weighted by molar-refractivity contribution is -0.123.